The fraction of sp³-hybridized carbons (Fsp3) is 0.269. The lowest BCUT2D eigenvalue weighted by atomic mass is 10.1. The first-order valence-electron chi connectivity index (χ1n) is 11.5. The topological polar surface area (TPSA) is 96.6 Å². The van der Waals surface area contributed by atoms with Gasteiger partial charge in [0.25, 0.3) is 0 Å². The summed E-state index contributed by atoms with van der Waals surface area (Å²) in [5, 5.41) is 5.82. The zero-order valence-electron chi connectivity index (χ0n) is 19.6. The molecule has 1 aromatic heterocycles. The zero-order valence-corrected chi connectivity index (χ0v) is 20.4. The lowest BCUT2D eigenvalue weighted by Gasteiger charge is -2.27. The molecule has 4 aromatic rings. The molecule has 1 atom stereocenters. The molecule has 8 nitrogen and oxygen atoms in total. The number of carbonyl (C=O) groups is 1. The predicted molar refractivity (Wildman–Crippen MR) is 132 cm³/mol. The molecule has 0 saturated carbocycles. The van der Waals surface area contributed by atoms with Gasteiger partial charge >= 0.3 is 0 Å². The van der Waals surface area contributed by atoms with Gasteiger partial charge in [0.2, 0.25) is 27.6 Å². The molecule has 0 aliphatic carbocycles. The minimum atomic E-state index is -3.83. The molecular formula is C26H26N4O4S. The zero-order chi connectivity index (χ0) is 24.6. The van der Waals surface area contributed by atoms with Crippen molar-refractivity contribution in [3.05, 3.63) is 78.2 Å². The maximum Gasteiger partial charge on any atom is 0.246 e. The third kappa shape index (κ3) is 4.56. The first-order valence-corrected chi connectivity index (χ1v) is 12.9. The normalized spacial score (nSPS) is 16.6. The van der Waals surface area contributed by atoms with Crippen molar-refractivity contribution in [2.24, 2.45) is 0 Å². The standard InChI is InChI=1S/C26H26N4O4S/c1-18-9-11-20(12-10-18)25-27-24(34-28-25)17-29(2)26(31)23-8-5-15-30(23)35(32,33)22-14-13-19-6-3-4-7-21(19)16-22/h3-4,6-7,9-14,16,23H,5,8,15,17H2,1-2H3. The number of aromatic nitrogens is 2. The van der Waals surface area contributed by atoms with Crippen molar-refractivity contribution < 1.29 is 17.7 Å². The van der Waals surface area contributed by atoms with Gasteiger partial charge in [-0.3, -0.25) is 4.79 Å². The summed E-state index contributed by atoms with van der Waals surface area (Å²) in [6, 6.07) is 19.6. The fourth-order valence-electron chi connectivity index (χ4n) is 4.41. The number of hydrogen-bond acceptors (Lipinski definition) is 6. The fourth-order valence-corrected chi connectivity index (χ4v) is 6.10. The lowest BCUT2D eigenvalue weighted by molar-refractivity contribution is -0.134. The van der Waals surface area contributed by atoms with Crippen molar-refractivity contribution in [3.8, 4) is 11.4 Å². The summed E-state index contributed by atoms with van der Waals surface area (Å²) in [6.45, 7) is 2.40. The van der Waals surface area contributed by atoms with E-state index in [-0.39, 0.29) is 17.3 Å². The predicted octanol–water partition coefficient (Wildman–Crippen LogP) is 4.01. The van der Waals surface area contributed by atoms with Crippen LogP contribution in [0.2, 0.25) is 0 Å². The molecule has 3 aromatic carbocycles. The number of amides is 1. The average molecular weight is 491 g/mol. The summed E-state index contributed by atoms with van der Waals surface area (Å²) in [7, 11) is -2.21. The Morgan fingerprint density at radius 3 is 2.60 bits per heavy atom. The van der Waals surface area contributed by atoms with Gasteiger partial charge in [-0.25, -0.2) is 8.42 Å². The number of benzene rings is 3. The van der Waals surface area contributed by atoms with Crippen LogP contribution in [0.5, 0.6) is 0 Å². The maximum absolute atomic E-state index is 13.5. The van der Waals surface area contributed by atoms with Crippen molar-refractivity contribution in [3.63, 3.8) is 0 Å². The van der Waals surface area contributed by atoms with E-state index in [1.165, 1.54) is 9.21 Å². The van der Waals surface area contributed by atoms with Crippen LogP contribution >= 0.6 is 0 Å². The van der Waals surface area contributed by atoms with E-state index < -0.39 is 16.1 Å². The van der Waals surface area contributed by atoms with Crippen molar-refractivity contribution in [1.29, 1.82) is 0 Å². The van der Waals surface area contributed by atoms with E-state index in [2.05, 4.69) is 10.1 Å². The van der Waals surface area contributed by atoms with Gasteiger partial charge in [0.15, 0.2) is 0 Å². The molecule has 35 heavy (non-hydrogen) atoms. The molecule has 1 aliphatic rings. The van der Waals surface area contributed by atoms with Gasteiger partial charge in [0, 0.05) is 19.2 Å². The van der Waals surface area contributed by atoms with Gasteiger partial charge in [0.1, 0.15) is 6.04 Å². The second-order valence-electron chi connectivity index (χ2n) is 8.85. The van der Waals surface area contributed by atoms with E-state index in [0.29, 0.717) is 31.1 Å². The number of nitrogens with zero attached hydrogens (tertiary/aromatic N) is 4. The molecule has 0 N–H and O–H groups in total. The van der Waals surface area contributed by atoms with Gasteiger partial charge in [-0.2, -0.15) is 9.29 Å². The Morgan fingerprint density at radius 1 is 1.09 bits per heavy atom. The Kier molecular flexibility index (Phi) is 6.12. The van der Waals surface area contributed by atoms with Crippen LogP contribution in [-0.4, -0.2) is 53.3 Å². The van der Waals surface area contributed by atoms with Gasteiger partial charge in [-0.15, -0.1) is 0 Å². The molecule has 0 bridgehead atoms. The van der Waals surface area contributed by atoms with E-state index in [9.17, 15) is 13.2 Å². The van der Waals surface area contributed by atoms with E-state index >= 15 is 0 Å². The minimum Gasteiger partial charge on any atom is -0.337 e. The molecule has 0 spiro atoms. The Bertz CT molecular complexity index is 1480. The molecule has 0 radical (unpaired) electrons. The van der Waals surface area contributed by atoms with Crippen LogP contribution in [0.1, 0.15) is 24.3 Å². The van der Waals surface area contributed by atoms with Crippen LogP contribution in [0, 0.1) is 6.92 Å². The van der Waals surface area contributed by atoms with E-state index in [1.807, 2.05) is 55.5 Å². The maximum atomic E-state index is 13.5. The minimum absolute atomic E-state index is 0.0953. The number of likely N-dealkylation sites (N-methyl/N-ethyl adjacent to an activating group) is 1. The van der Waals surface area contributed by atoms with Crippen molar-refractivity contribution >= 4 is 26.7 Å². The highest BCUT2D eigenvalue weighted by Gasteiger charge is 2.40. The summed E-state index contributed by atoms with van der Waals surface area (Å²) in [5.41, 5.74) is 1.95. The van der Waals surface area contributed by atoms with Gasteiger partial charge in [0.05, 0.1) is 11.4 Å². The van der Waals surface area contributed by atoms with Gasteiger partial charge in [-0.05, 0) is 42.7 Å². The monoisotopic (exact) mass is 490 g/mol. The highest BCUT2D eigenvalue weighted by molar-refractivity contribution is 7.89. The largest absolute Gasteiger partial charge is 0.337 e. The first kappa shape index (κ1) is 23.2. The molecule has 180 valence electrons. The summed E-state index contributed by atoms with van der Waals surface area (Å²) in [6.07, 6.45) is 1.09. The van der Waals surface area contributed by atoms with E-state index in [4.69, 9.17) is 4.52 Å². The number of carbonyl (C=O) groups excluding carboxylic acids is 1. The Hall–Kier alpha value is -3.56. The second kappa shape index (κ2) is 9.24. The summed E-state index contributed by atoms with van der Waals surface area (Å²) in [4.78, 5) is 19.3. The van der Waals surface area contributed by atoms with Crippen molar-refractivity contribution in [2.75, 3.05) is 13.6 Å². The summed E-state index contributed by atoms with van der Waals surface area (Å²) < 4.78 is 33.6. The van der Waals surface area contributed by atoms with Gasteiger partial charge in [-0.1, -0.05) is 65.3 Å². The first-order chi connectivity index (χ1) is 16.8. The molecular weight excluding hydrogens is 464 g/mol. The van der Waals surface area contributed by atoms with Crippen LogP contribution in [0.25, 0.3) is 22.2 Å². The van der Waals surface area contributed by atoms with E-state index in [0.717, 1.165) is 21.9 Å². The van der Waals surface area contributed by atoms with Crippen LogP contribution in [0.15, 0.2) is 76.1 Å². The lowest BCUT2D eigenvalue weighted by Crippen LogP contribution is -2.46. The number of aryl methyl sites for hydroxylation is 1. The molecule has 9 heteroatoms. The summed E-state index contributed by atoms with van der Waals surface area (Å²) >= 11 is 0. The van der Waals surface area contributed by atoms with Crippen molar-refractivity contribution in [1.82, 2.24) is 19.3 Å². The van der Waals surface area contributed by atoms with E-state index in [1.54, 1.807) is 25.2 Å². The van der Waals surface area contributed by atoms with Crippen LogP contribution in [-0.2, 0) is 21.4 Å². The molecule has 1 fully saturated rings. The summed E-state index contributed by atoms with van der Waals surface area (Å²) in [5.74, 6) is 0.447. The quantitative estimate of drug-likeness (QED) is 0.405. The molecule has 1 saturated heterocycles. The van der Waals surface area contributed by atoms with Crippen LogP contribution in [0.3, 0.4) is 0 Å². The Labute approximate surface area is 204 Å². The highest BCUT2D eigenvalue weighted by Crippen LogP contribution is 2.29. The highest BCUT2D eigenvalue weighted by atomic mass is 32.2. The second-order valence-corrected chi connectivity index (χ2v) is 10.7. The Balaban J connectivity index is 1.32. The Morgan fingerprint density at radius 2 is 1.83 bits per heavy atom. The molecule has 1 unspecified atom stereocenters. The SMILES string of the molecule is Cc1ccc(-c2noc(CN(C)C(=O)C3CCCN3S(=O)(=O)c3ccc4ccccc4c3)n2)cc1. The number of hydrogen-bond donors (Lipinski definition) is 0. The van der Waals surface area contributed by atoms with Gasteiger partial charge < -0.3 is 9.42 Å². The molecule has 5 rings (SSSR count). The number of fused-ring (bicyclic) bond motifs is 1. The third-order valence-electron chi connectivity index (χ3n) is 6.34. The molecule has 1 aliphatic heterocycles. The average Bonchev–Trinajstić information content (AvgIpc) is 3.54. The van der Waals surface area contributed by atoms with Crippen LogP contribution in [0.4, 0.5) is 0 Å². The van der Waals surface area contributed by atoms with Crippen LogP contribution < -0.4 is 0 Å². The smallest absolute Gasteiger partial charge is 0.246 e. The number of rotatable bonds is 6. The molecule has 1 amide bonds. The van der Waals surface area contributed by atoms with Crippen molar-refractivity contribution in [2.45, 2.75) is 37.2 Å². The third-order valence-corrected chi connectivity index (χ3v) is 8.25. The molecule has 2 heterocycles. The number of sulfonamides is 1.